The molecule has 0 saturated carbocycles. The zero-order valence-electron chi connectivity index (χ0n) is 19.7. The highest BCUT2D eigenvalue weighted by Gasteiger charge is 2.24. The Morgan fingerprint density at radius 2 is 1.91 bits per heavy atom. The van der Waals surface area contributed by atoms with E-state index < -0.39 is 6.29 Å². The molecular weight excluding hydrogens is 432 g/mol. The molecule has 1 fully saturated rings. The molecule has 2 aliphatic heterocycles. The second kappa shape index (κ2) is 11.6. The third-order valence-electron chi connectivity index (χ3n) is 5.73. The highest BCUT2D eigenvalue weighted by Crippen LogP contribution is 2.14. The van der Waals surface area contributed by atoms with Crippen LogP contribution >= 0.6 is 0 Å². The smallest absolute Gasteiger partial charge is 0.257 e. The van der Waals surface area contributed by atoms with Crippen LogP contribution in [-0.4, -0.2) is 85.2 Å². The van der Waals surface area contributed by atoms with Crippen molar-refractivity contribution in [3.8, 4) is 0 Å². The van der Waals surface area contributed by atoms with Gasteiger partial charge in [0.1, 0.15) is 11.7 Å². The quantitative estimate of drug-likeness (QED) is 0.549. The number of hydrogen-bond acceptors (Lipinski definition) is 9. The molecule has 1 atom stereocenters. The molecule has 2 aliphatic rings. The van der Waals surface area contributed by atoms with E-state index in [1.807, 2.05) is 30.3 Å². The van der Waals surface area contributed by atoms with Gasteiger partial charge in [-0.25, -0.2) is 15.0 Å². The fraction of sp³-hybridized carbons (Fsp3) is 0.417. The summed E-state index contributed by atoms with van der Waals surface area (Å²) in [6.45, 7) is 7.47. The van der Waals surface area contributed by atoms with Gasteiger partial charge in [-0.05, 0) is 24.3 Å². The monoisotopic (exact) mass is 464 g/mol. The first-order valence-electron chi connectivity index (χ1n) is 11.6. The van der Waals surface area contributed by atoms with Crippen LogP contribution in [0.2, 0.25) is 0 Å². The van der Waals surface area contributed by atoms with Crippen molar-refractivity contribution in [3.05, 3.63) is 54.2 Å². The first-order chi connectivity index (χ1) is 16.6. The molecule has 4 rings (SSSR count). The number of nitrogens with zero attached hydrogens (tertiary/aromatic N) is 5. The molecule has 10 heteroatoms. The van der Waals surface area contributed by atoms with Gasteiger partial charge in [0, 0.05) is 58.1 Å². The number of carbonyl (C=O) groups excluding carboxylic acids is 1. The van der Waals surface area contributed by atoms with Gasteiger partial charge in [-0.3, -0.25) is 9.69 Å². The van der Waals surface area contributed by atoms with E-state index in [1.54, 1.807) is 25.4 Å². The van der Waals surface area contributed by atoms with E-state index in [0.717, 1.165) is 63.2 Å². The Labute approximate surface area is 200 Å². The fourth-order valence-electron chi connectivity index (χ4n) is 3.77. The largest absolute Gasteiger partial charge is 0.383 e. The van der Waals surface area contributed by atoms with Gasteiger partial charge in [0.25, 0.3) is 5.91 Å². The first kappa shape index (κ1) is 23.7. The Morgan fingerprint density at radius 3 is 2.59 bits per heavy atom. The number of aliphatic imine (C=N–C) groups is 2. The number of nitrogens with one attached hydrogen (secondary N) is 3. The Balaban J connectivity index is 1.37. The number of aromatic nitrogens is 1. The number of methoxy groups -OCH3 is 1. The van der Waals surface area contributed by atoms with Crippen LogP contribution < -0.4 is 16.0 Å². The number of guanidine groups is 1. The average molecular weight is 465 g/mol. The van der Waals surface area contributed by atoms with Crippen LogP contribution in [0.3, 0.4) is 0 Å². The van der Waals surface area contributed by atoms with Crippen LogP contribution in [-0.2, 0) is 4.74 Å². The van der Waals surface area contributed by atoms with Crippen molar-refractivity contribution in [2.75, 3.05) is 57.1 Å². The predicted octanol–water partition coefficient (Wildman–Crippen LogP) is 2.06. The number of rotatable bonds is 8. The molecule has 3 N–H and O–H groups in total. The van der Waals surface area contributed by atoms with Gasteiger partial charge >= 0.3 is 0 Å². The lowest BCUT2D eigenvalue weighted by Gasteiger charge is -2.37. The van der Waals surface area contributed by atoms with Crippen molar-refractivity contribution in [3.63, 3.8) is 0 Å². The Bertz CT molecular complexity index is 1000. The molecule has 0 spiro atoms. The second-order valence-electron chi connectivity index (χ2n) is 8.10. The van der Waals surface area contributed by atoms with Gasteiger partial charge in [0.05, 0.1) is 12.2 Å². The molecule has 1 amide bonds. The molecule has 1 aromatic heterocycles. The summed E-state index contributed by atoms with van der Waals surface area (Å²) in [5.74, 6) is 2.11. The lowest BCUT2D eigenvalue weighted by molar-refractivity contribution is 0.102. The summed E-state index contributed by atoms with van der Waals surface area (Å²) in [6, 6.07) is 12.9. The van der Waals surface area contributed by atoms with Crippen molar-refractivity contribution in [2.45, 2.75) is 19.6 Å². The molecule has 0 radical (unpaired) electrons. The standard InChI is InChI=1S/C24H32N8O2/c1-3-20-27-23(30-24(29-20)32-13-11-31(12-14-32)15-16-34-2)28-21-10-9-18(17-25-21)22(33)26-19-7-5-4-6-8-19/h4-10,17,23H,3,11-16H2,1-2H3,(H,25,28)(H,26,33)(H,27,29,30). The SMILES string of the molecule is CCC1=NC(Nc2ccc(C(=O)Nc3ccccc3)cn2)N=C(N2CCN(CCOC)CC2)N1. The second-order valence-corrected chi connectivity index (χ2v) is 8.10. The van der Waals surface area contributed by atoms with Crippen molar-refractivity contribution in [2.24, 2.45) is 9.98 Å². The molecular formula is C24H32N8O2. The summed E-state index contributed by atoms with van der Waals surface area (Å²) in [6.07, 6.45) is 1.85. The molecule has 34 heavy (non-hydrogen) atoms. The maximum Gasteiger partial charge on any atom is 0.257 e. The fourth-order valence-corrected chi connectivity index (χ4v) is 3.77. The lowest BCUT2D eigenvalue weighted by atomic mass is 10.2. The van der Waals surface area contributed by atoms with Gasteiger partial charge in [-0.1, -0.05) is 25.1 Å². The number of hydrogen-bond donors (Lipinski definition) is 3. The molecule has 1 saturated heterocycles. The topological polar surface area (TPSA) is 106 Å². The highest BCUT2D eigenvalue weighted by atomic mass is 16.5. The summed E-state index contributed by atoms with van der Waals surface area (Å²) in [5.41, 5.74) is 1.22. The zero-order chi connectivity index (χ0) is 23.8. The van der Waals surface area contributed by atoms with Gasteiger partial charge in [0.2, 0.25) is 12.2 Å². The van der Waals surface area contributed by atoms with Gasteiger partial charge < -0.3 is 25.6 Å². The molecule has 10 nitrogen and oxygen atoms in total. The van der Waals surface area contributed by atoms with Gasteiger partial charge in [0.15, 0.2) is 0 Å². The van der Waals surface area contributed by atoms with Crippen molar-refractivity contribution < 1.29 is 9.53 Å². The van der Waals surface area contributed by atoms with Crippen LogP contribution in [0.15, 0.2) is 58.6 Å². The number of pyridine rings is 1. The Morgan fingerprint density at radius 1 is 1.12 bits per heavy atom. The summed E-state index contributed by atoms with van der Waals surface area (Å²) < 4.78 is 5.19. The number of benzene rings is 1. The molecule has 180 valence electrons. The van der Waals surface area contributed by atoms with E-state index in [9.17, 15) is 4.79 Å². The summed E-state index contributed by atoms with van der Waals surface area (Å²) in [7, 11) is 1.73. The van der Waals surface area contributed by atoms with E-state index in [-0.39, 0.29) is 5.91 Å². The molecule has 2 aromatic rings. The minimum atomic E-state index is -0.478. The minimum Gasteiger partial charge on any atom is -0.383 e. The molecule has 1 aromatic carbocycles. The van der Waals surface area contributed by atoms with Crippen LogP contribution in [0.4, 0.5) is 11.5 Å². The van der Waals surface area contributed by atoms with Crippen LogP contribution in [0.1, 0.15) is 23.7 Å². The zero-order valence-corrected chi connectivity index (χ0v) is 19.7. The van der Waals surface area contributed by atoms with E-state index in [2.05, 4.69) is 42.7 Å². The van der Waals surface area contributed by atoms with E-state index in [1.165, 1.54) is 0 Å². The number of anilines is 2. The maximum absolute atomic E-state index is 12.5. The summed E-state index contributed by atoms with van der Waals surface area (Å²) in [5, 5.41) is 9.48. The number of piperazine rings is 1. The van der Waals surface area contributed by atoms with Crippen LogP contribution in [0, 0.1) is 0 Å². The minimum absolute atomic E-state index is 0.205. The molecule has 0 aliphatic carbocycles. The average Bonchev–Trinajstić information content (AvgIpc) is 2.88. The van der Waals surface area contributed by atoms with Crippen LogP contribution in [0.25, 0.3) is 0 Å². The van der Waals surface area contributed by atoms with Crippen molar-refractivity contribution >= 4 is 29.2 Å². The molecule has 1 unspecified atom stereocenters. The summed E-state index contributed by atoms with van der Waals surface area (Å²) >= 11 is 0. The van der Waals surface area contributed by atoms with Crippen molar-refractivity contribution in [1.29, 1.82) is 0 Å². The normalized spacial score (nSPS) is 18.5. The number of amides is 1. The Kier molecular flexibility index (Phi) is 8.05. The molecule has 3 heterocycles. The predicted molar refractivity (Wildman–Crippen MR) is 134 cm³/mol. The summed E-state index contributed by atoms with van der Waals surface area (Å²) in [4.78, 5) is 30.9. The van der Waals surface area contributed by atoms with Crippen LogP contribution in [0.5, 0.6) is 0 Å². The maximum atomic E-state index is 12.5. The third kappa shape index (κ3) is 6.30. The number of ether oxygens (including phenoxy) is 1. The lowest BCUT2D eigenvalue weighted by Crippen LogP contribution is -2.55. The van der Waals surface area contributed by atoms with Gasteiger partial charge in [-0.15, -0.1) is 0 Å². The third-order valence-corrected chi connectivity index (χ3v) is 5.73. The van der Waals surface area contributed by atoms with E-state index >= 15 is 0 Å². The first-order valence-corrected chi connectivity index (χ1v) is 11.6. The number of carbonyl (C=O) groups is 1. The molecule has 0 bridgehead atoms. The van der Waals surface area contributed by atoms with E-state index in [0.29, 0.717) is 11.4 Å². The van der Waals surface area contributed by atoms with Gasteiger partial charge in [-0.2, -0.15) is 0 Å². The highest BCUT2D eigenvalue weighted by molar-refractivity contribution is 6.04. The van der Waals surface area contributed by atoms with Crippen molar-refractivity contribution in [1.82, 2.24) is 20.1 Å². The number of para-hydroxylation sites is 1. The van der Waals surface area contributed by atoms with E-state index in [4.69, 9.17) is 9.73 Å². The number of amidine groups is 1. The Hall–Kier alpha value is -3.50.